The van der Waals surface area contributed by atoms with E-state index in [1.165, 1.54) is 12.8 Å². The van der Waals surface area contributed by atoms with Crippen LogP contribution in [0.2, 0.25) is 0 Å². The molecule has 0 heterocycles. The Morgan fingerprint density at radius 1 is 1.73 bits per heavy atom. The number of hydrogen-bond donors (Lipinski definition) is 1. The van der Waals surface area contributed by atoms with Crippen molar-refractivity contribution >= 4 is 17.2 Å². The average Bonchev–Trinajstić information content (AvgIpc) is 2.67. The Bertz CT molecular complexity index is 154. The SMILES string of the molecule is CC(CN(C)C1CC1)C(N)=S. The first-order valence-corrected chi connectivity index (χ1v) is 4.51. The van der Waals surface area contributed by atoms with Gasteiger partial charge in [0, 0.05) is 18.5 Å². The second-order valence-corrected chi connectivity index (χ2v) is 3.95. The maximum atomic E-state index is 5.51. The molecule has 1 rings (SSSR count). The summed E-state index contributed by atoms with van der Waals surface area (Å²) < 4.78 is 0. The molecule has 0 bridgehead atoms. The van der Waals surface area contributed by atoms with E-state index in [4.69, 9.17) is 18.0 Å². The summed E-state index contributed by atoms with van der Waals surface area (Å²) >= 11 is 4.89. The molecule has 1 saturated carbocycles. The molecule has 3 heteroatoms. The molecule has 1 aliphatic carbocycles. The number of thiocarbonyl (C=S) groups is 1. The van der Waals surface area contributed by atoms with Crippen LogP contribution in [0.15, 0.2) is 0 Å². The number of rotatable bonds is 4. The van der Waals surface area contributed by atoms with Crippen molar-refractivity contribution in [2.24, 2.45) is 11.7 Å². The average molecular weight is 172 g/mol. The van der Waals surface area contributed by atoms with Gasteiger partial charge in [0.25, 0.3) is 0 Å². The first-order chi connectivity index (χ1) is 5.11. The Morgan fingerprint density at radius 3 is 2.64 bits per heavy atom. The van der Waals surface area contributed by atoms with Crippen LogP contribution in [-0.4, -0.2) is 29.5 Å². The first-order valence-electron chi connectivity index (χ1n) is 4.11. The Kier molecular flexibility index (Phi) is 2.84. The van der Waals surface area contributed by atoms with Gasteiger partial charge in [0.1, 0.15) is 0 Å². The number of nitrogens with zero attached hydrogens (tertiary/aromatic N) is 1. The molecule has 1 aliphatic rings. The predicted molar refractivity (Wildman–Crippen MR) is 51.6 cm³/mol. The van der Waals surface area contributed by atoms with E-state index in [2.05, 4.69) is 18.9 Å². The van der Waals surface area contributed by atoms with Gasteiger partial charge < -0.3 is 10.6 Å². The minimum Gasteiger partial charge on any atom is -0.393 e. The molecule has 2 N–H and O–H groups in total. The fourth-order valence-electron chi connectivity index (χ4n) is 1.19. The summed E-state index contributed by atoms with van der Waals surface area (Å²) in [5, 5.41) is 0. The fourth-order valence-corrected chi connectivity index (χ4v) is 1.26. The molecule has 1 atom stereocenters. The second kappa shape index (κ2) is 3.50. The monoisotopic (exact) mass is 172 g/mol. The Labute approximate surface area is 73.7 Å². The van der Waals surface area contributed by atoms with Crippen molar-refractivity contribution in [2.45, 2.75) is 25.8 Å². The lowest BCUT2D eigenvalue weighted by molar-refractivity contribution is 0.305. The summed E-state index contributed by atoms with van der Waals surface area (Å²) in [6.07, 6.45) is 2.70. The summed E-state index contributed by atoms with van der Waals surface area (Å²) in [5.74, 6) is 0.357. The smallest absolute Gasteiger partial charge is 0.0768 e. The fraction of sp³-hybridized carbons (Fsp3) is 0.875. The maximum Gasteiger partial charge on any atom is 0.0768 e. The molecule has 0 amide bonds. The van der Waals surface area contributed by atoms with Crippen molar-refractivity contribution < 1.29 is 0 Å². The van der Waals surface area contributed by atoms with Crippen LogP contribution >= 0.6 is 12.2 Å². The highest BCUT2D eigenvalue weighted by molar-refractivity contribution is 7.80. The van der Waals surface area contributed by atoms with Gasteiger partial charge in [-0.1, -0.05) is 19.1 Å². The molecular formula is C8H16N2S. The highest BCUT2D eigenvalue weighted by Crippen LogP contribution is 2.25. The van der Waals surface area contributed by atoms with Gasteiger partial charge in [0.2, 0.25) is 0 Å². The zero-order valence-corrected chi connectivity index (χ0v) is 8.03. The second-order valence-electron chi connectivity index (χ2n) is 3.47. The lowest BCUT2D eigenvalue weighted by atomic mass is 10.2. The molecule has 0 aromatic carbocycles. The lowest BCUT2D eigenvalue weighted by Crippen LogP contribution is -2.32. The number of hydrogen-bond acceptors (Lipinski definition) is 2. The Balaban J connectivity index is 2.22. The van der Waals surface area contributed by atoms with Gasteiger partial charge >= 0.3 is 0 Å². The van der Waals surface area contributed by atoms with E-state index in [-0.39, 0.29) is 0 Å². The third kappa shape index (κ3) is 2.75. The summed E-state index contributed by atoms with van der Waals surface area (Å²) in [7, 11) is 2.15. The topological polar surface area (TPSA) is 29.3 Å². The van der Waals surface area contributed by atoms with E-state index >= 15 is 0 Å². The molecule has 0 aromatic heterocycles. The van der Waals surface area contributed by atoms with Crippen LogP contribution in [0.3, 0.4) is 0 Å². The highest BCUT2D eigenvalue weighted by Gasteiger charge is 2.26. The van der Waals surface area contributed by atoms with Crippen molar-refractivity contribution in [3.63, 3.8) is 0 Å². The van der Waals surface area contributed by atoms with Gasteiger partial charge in [-0.05, 0) is 19.9 Å². The molecule has 0 aliphatic heterocycles. The van der Waals surface area contributed by atoms with Crippen molar-refractivity contribution in [2.75, 3.05) is 13.6 Å². The first kappa shape index (κ1) is 8.94. The molecule has 0 radical (unpaired) electrons. The van der Waals surface area contributed by atoms with Crippen molar-refractivity contribution in [3.8, 4) is 0 Å². The Morgan fingerprint density at radius 2 is 2.27 bits per heavy atom. The standard InChI is InChI=1S/C8H16N2S/c1-6(8(9)11)5-10(2)7-3-4-7/h6-7H,3-5H2,1-2H3,(H2,9,11). The molecule has 0 aromatic rings. The maximum absolute atomic E-state index is 5.51. The largest absolute Gasteiger partial charge is 0.393 e. The minimum atomic E-state index is 0.357. The van der Waals surface area contributed by atoms with E-state index in [1.54, 1.807) is 0 Å². The van der Waals surface area contributed by atoms with Gasteiger partial charge in [0.15, 0.2) is 0 Å². The van der Waals surface area contributed by atoms with Crippen LogP contribution in [0.5, 0.6) is 0 Å². The summed E-state index contributed by atoms with van der Waals surface area (Å²) in [6, 6.07) is 0.812. The molecule has 0 spiro atoms. The van der Waals surface area contributed by atoms with E-state index in [9.17, 15) is 0 Å². The number of nitrogens with two attached hydrogens (primary N) is 1. The van der Waals surface area contributed by atoms with Gasteiger partial charge in [-0.15, -0.1) is 0 Å². The van der Waals surface area contributed by atoms with Crippen LogP contribution < -0.4 is 5.73 Å². The summed E-state index contributed by atoms with van der Waals surface area (Å²) in [6.45, 7) is 3.10. The molecule has 11 heavy (non-hydrogen) atoms. The quantitative estimate of drug-likeness (QED) is 0.642. The van der Waals surface area contributed by atoms with Gasteiger partial charge in [-0.2, -0.15) is 0 Å². The molecule has 64 valence electrons. The highest BCUT2D eigenvalue weighted by atomic mass is 32.1. The third-order valence-corrected chi connectivity index (χ3v) is 2.62. The zero-order chi connectivity index (χ0) is 8.43. The summed E-state index contributed by atoms with van der Waals surface area (Å²) in [5.41, 5.74) is 5.51. The molecule has 0 saturated heterocycles. The molecule has 1 unspecified atom stereocenters. The normalized spacial score (nSPS) is 20.3. The van der Waals surface area contributed by atoms with Gasteiger partial charge in [0.05, 0.1) is 4.99 Å². The van der Waals surface area contributed by atoms with E-state index in [1.807, 2.05) is 0 Å². The third-order valence-electron chi connectivity index (χ3n) is 2.22. The van der Waals surface area contributed by atoms with E-state index in [0.29, 0.717) is 10.9 Å². The van der Waals surface area contributed by atoms with E-state index in [0.717, 1.165) is 12.6 Å². The van der Waals surface area contributed by atoms with Crippen LogP contribution in [0, 0.1) is 5.92 Å². The van der Waals surface area contributed by atoms with Crippen molar-refractivity contribution in [3.05, 3.63) is 0 Å². The summed E-state index contributed by atoms with van der Waals surface area (Å²) in [4.78, 5) is 2.99. The van der Waals surface area contributed by atoms with Gasteiger partial charge in [-0.3, -0.25) is 0 Å². The molecule has 2 nitrogen and oxygen atoms in total. The molecule has 1 fully saturated rings. The lowest BCUT2D eigenvalue weighted by Gasteiger charge is -2.19. The predicted octanol–water partition coefficient (Wildman–Crippen LogP) is 1.00. The van der Waals surface area contributed by atoms with Crippen LogP contribution in [-0.2, 0) is 0 Å². The molecular weight excluding hydrogens is 156 g/mol. The van der Waals surface area contributed by atoms with Crippen LogP contribution in [0.25, 0.3) is 0 Å². The zero-order valence-electron chi connectivity index (χ0n) is 7.21. The van der Waals surface area contributed by atoms with Crippen LogP contribution in [0.4, 0.5) is 0 Å². The van der Waals surface area contributed by atoms with Crippen molar-refractivity contribution in [1.29, 1.82) is 0 Å². The Hall–Kier alpha value is -0.150. The van der Waals surface area contributed by atoms with E-state index < -0.39 is 0 Å². The van der Waals surface area contributed by atoms with Crippen molar-refractivity contribution in [1.82, 2.24) is 4.90 Å². The minimum absolute atomic E-state index is 0.357. The van der Waals surface area contributed by atoms with Crippen LogP contribution in [0.1, 0.15) is 19.8 Å². The van der Waals surface area contributed by atoms with Gasteiger partial charge in [-0.25, -0.2) is 0 Å².